The highest BCUT2D eigenvalue weighted by molar-refractivity contribution is 5.27. The van der Waals surface area contributed by atoms with Crippen molar-refractivity contribution < 1.29 is 17.6 Å². The molecular formula is C9H8F4N-. The lowest BCUT2D eigenvalue weighted by molar-refractivity contribution is -0.140. The molecule has 1 rings (SSSR count). The quantitative estimate of drug-likeness (QED) is 0.659. The van der Waals surface area contributed by atoms with Crippen LogP contribution in [-0.2, 0) is 12.7 Å². The highest BCUT2D eigenvalue weighted by Gasteiger charge is 2.33. The average molecular weight is 206 g/mol. The molecule has 0 saturated carbocycles. The predicted octanol–water partition coefficient (Wildman–Crippen LogP) is 3.35. The van der Waals surface area contributed by atoms with Gasteiger partial charge < -0.3 is 5.32 Å². The highest BCUT2D eigenvalue weighted by atomic mass is 19.4. The van der Waals surface area contributed by atoms with E-state index in [2.05, 4.69) is 5.32 Å². The number of nitrogens with zero attached hydrogens (tertiary/aromatic N) is 1. The molecule has 0 atom stereocenters. The largest absolute Gasteiger partial charge is 0.661 e. The predicted molar refractivity (Wildman–Crippen MR) is 44.4 cm³/mol. The van der Waals surface area contributed by atoms with E-state index in [1.54, 1.807) is 0 Å². The van der Waals surface area contributed by atoms with Gasteiger partial charge in [0.1, 0.15) is 5.82 Å². The molecule has 0 aliphatic rings. The van der Waals surface area contributed by atoms with Crippen LogP contribution >= 0.6 is 0 Å². The van der Waals surface area contributed by atoms with Gasteiger partial charge in [0.25, 0.3) is 0 Å². The molecule has 1 aromatic carbocycles. The monoisotopic (exact) mass is 206 g/mol. The summed E-state index contributed by atoms with van der Waals surface area (Å²) >= 11 is 0. The minimum absolute atomic E-state index is 0.217. The van der Waals surface area contributed by atoms with Gasteiger partial charge >= 0.3 is 6.18 Å². The molecule has 0 radical (unpaired) electrons. The standard InChI is InChI=1S/C9H8F4N/c1-14-5-6-2-3-7(8(10)4-6)9(11,12)13/h2-4H,5H2,1H3/q-1. The van der Waals surface area contributed by atoms with Crippen LogP contribution < -0.4 is 0 Å². The van der Waals surface area contributed by atoms with Gasteiger partial charge in [0, 0.05) is 0 Å². The molecule has 0 aliphatic heterocycles. The van der Waals surface area contributed by atoms with Gasteiger partial charge in [0.05, 0.1) is 5.56 Å². The van der Waals surface area contributed by atoms with Gasteiger partial charge in [-0.25, -0.2) is 4.39 Å². The van der Waals surface area contributed by atoms with Crippen LogP contribution in [0.1, 0.15) is 11.1 Å². The van der Waals surface area contributed by atoms with Crippen molar-refractivity contribution in [2.45, 2.75) is 12.7 Å². The van der Waals surface area contributed by atoms with Crippen LogP contribution in [0.3, 0.4) is 0 Å². The van der Waals surface area contributed by atoms with Gasteiger partial charge in [0.2, 0.25) is 0 Å². The van der Waals surface area contributed by atoms with E-state index in [4.69, 9.17) is 0 Å². The highest BCUT2D eigenvalue weighted by Crippen LogP contribution is 2.31. The zero-order valence-electron chi connectivity index (χ0n) is 7.40. The molecule has 5 heteroatoms. The maximum Gasteiger partial charge on any atom is 0.419 e. The molecule has 14 heavy (non-hydrogen) atoms. The van der Waals surface area contributed by atoms with Crippen LogP contribution in [0.2, 0.25) is 0 Å². The second-order valence-electron chi connectivity index (χ2n) is 2.79. The SMILES string of the molecule is C[N-]Cc1ccc(C(F)(F)F)c(F)c1. The first-order valence-corrected chi connectivity index (χ1v) is 3.86. The van der Waals surface area contributed by atoms with Gasteiger partial charge in [0.15, 0.2) is 0 Å². The summed E-state index contributed by atoms with van der Waals surface area (Å²) in [5.74, 6) is -1.25. The Kier molecular flexibility index (Phi) is 3.10. The van der Waals surface area contributed by atoms with Crippen molar-refractivity contribution in [2.24, 2.45) is 0 Å². The minimum Gasteiger partial charge on any atom is -0.661 e. The molecule has 0 aromatic heterocycles. The minimum atomic E-state index is -4.63. The molecule has 0 spiro atoms. The summed E-state index contributed by atoms with van der Waals surface area (Å²) in [4.78, 5) is 0. The summed E-state index contributed by atoms with van der Waals surface area (Å²) in [6.45, 7) is 0.217. The molecule has 0 saturated heterocycles. The topological polar surface area (TPSA) is 14.1 Å². The Bertz CT molecular complexity index is 319. The lowest BCUT2D eigenvalue weighted by atomic mass is 10.1. The molecule has 0 unspecified atom stereocenters. The zero-order valence-corrected chi connectivity index (χ0v) is 7.40. The second kappa shape index (κ2) is 3.96. The van der Waals surface area contributed by atoms with Gasteiger partial charge in [-0.1, -0.05) is 11.6 Å². The number of hydrogen-bond acceptors (Lipinski definition) is 0. The Balaban J connectivity index is 3.02. The van der Waals surface area contributed by atoms with Crippen molar-refractivity contribution in [1.29, 1.82) is 0 Å². The van der Waals surface area contributed by atoms with Crippen molar-refractivity contribution in [1.82, 2.24) is 0 Å². The zero-order chi connectivity index (χ0) is 10.8. The van der Waals surface area contributed by atoms with Crippen molar-refractivity contribution >= 4 is 0 Å². The molecule has 0 heterocycles. The Morgan fingerprint density at radius 1 is 1.29 bits per heavy atom. The molecule has 1 nitrogen and oxygen atoms in total. The molecular weight excluding hydrogens is 198 g/mol. The van der Waals surface area contributed by atoms with Gasteiger partial charge in [-0.15, -0.1) is 6.54 Å². The molecule has 0 amide bonds. The average Bonchev–Trinajstić information content (AvgIpc) is 2.02. The number of alkyl halides is 3. The van der Waals surface area contributed by atoms with Gasteiger partial charge in [-0.2, -0.15) is 20.2 Å². The fourth-order valence-electron chi connectivity index (χ4n) is 1.07. The van der Waals surface area contributed by atoms with E-state index in [-0.39, 0.29) is 6.54 Å². The second-order valence-corrected chi connectivity index (χ2v) is 2.79. The lowest BCUT2D eigenvalue weighted by Gasteiger charge is -2.13. The third kappa shape index (κ3) is 2.45. The van der Waals surface area contributed by atoms with Crippen molar-refractivity contribution in [3.8, 4) is 0 Å². The Morgan fingerprint density at radius 2 is 1.93 bits per heavy atom. The summed E-state index contributed by atoms with van der Waals surface area (Å²) in [6, 6.07) is 2.81. The maximum atomic E-state index is 12.9. The number of benzene rings is 1. The van der Waals surface area contributed by atoms with E-state index in [9.17, 15) is 17.6 Å². The third-order valence-corrected chi connectivity index (χ3v) is 1.68. The molecule has 0 N–H and O–H groups in total. The lowest BCUT2D eigenvalue weighted by Crippen LogP contribution is -2.08. The first-order chi connectivity index (χ1) is 6.45. The van der Waals surface area contributed by atoms with Crippen molar-refractivity contribution in [3.63, 3.8) is 0 Å². The summed E-state index contributed by atoms with van der Waals surface area (Å²) in [5, 5.41) is 3.69. The van der Waals surface area contributed by atoms with E-state index in [1.165, 1.54) is 13.1 Å². The van der Waals surface area contributed by atoms with E-state index >= 15 is 0 Å². The van der Waals surface area contributed by atoms with Gasteiger partial charge in [-0.3, -0.25) is 0 Å². The first-order valence-electron chi connectivity index (χ1n) is 3.86. The smallest absolute Gasteiger partial charge is 0.419 e. The van der Waals surface area contributed by atoms with Crippen LogP contribution in [0.15, 0.2) is 18.2 Å². The summed E-state index contributed by atoms with van der Waals surface area (Å²) < 4.78 is 49.2. The Morgan fingerprint density at radius 3 is 2.36 bits per heavy atom. The Hall–Kier alpha value is -1.10. The molecule has 0 fully saturated rings. The van der Waals surface area contributed by atoms with E-state index in [1.807, 2.05) is 0 Å². The van der Waals surface area contributed by atoms with E-state index < -0.39 is 17.6 Å². The summed E-state index contributed by atoms with van der Waals surface area (Å²) in [5.41, 5.74) is -0.810. The number of halogens is 4. The number of rotatable bonds is 2. The third-order valence-electron chi connectivity index (χ3n) is 1.68. The van der Waals surface area contributed by atoms with Crippen LogP contribution in [0.5, 0.6) is 0 Å². The van der Waals surface area contributed by atoms with E-state index in [0.717, 1.165) is 12.1 Å². The fraction of sp³-hybridized carbons (Fsp3) is 0.333. The fourth-order valence-corrected chi connectivity index (χ4v) is 1.07. The van der Waals surface area contributed by atoms with E-state index in [0.29, 0.717) is 5.56 Å². The molecule has 0 bridgehead atoms. The van der Waals surface area contributed by atoms with Crippen LogP contribution in [0, 0.1) is 5.82 Å². The van der Waals surface area contributed by atoms with Crippen LogP contribution in [0.4, 0.5) is 17.6 Å². The van der Waals surface area contributed by atoms with Crippen molar-refractivity contribution in [3.05, 3.63) is 40.5 Å². The Labute approximate surface area is 78.7 Å². The van der Waals surface area contributed by atoms with Gasteiger partial charge in [-0.05, 0) is 12.1 Å². The van der Waals surface area contributed by atoms with Crippen LogP contribution in [0.25, 0.3) is 5.32 Å². The number of hydrogen-bond donors (Lipinski definition) is 0. The molecule has 78 valence electrons. The molecule has 1 aromatic rings. The maximum absolute atomic E-state index is 12.9. The first kappa shape index (κ1) is 11.0. The normalized spacial score (nSPS) is 11.8. The molecule has 0 aliphatic carbocycles. The summed E-state index contributed by atoms with van der Waals surface area (Å²) in [7, 11) is 1.51. The van der Waals surface area contributed by atoms with Crippen molar-refractivity contribution in [2.75, 3.05) is 7.05 Å². The van der Waals surface area contributed by atoms with Crippen LogP contribution in [-0.4, -0.2) is 7.05 Å². The summed E-state index contributed by atoms with van der Waals surface area (Å²) in [6.07, 6.45) is -4.63.